The zero-order chi connectivity index (χ0) is 10.7. The number of hydrogen-bond acceptors (Lipinski definition) is 2. The van der Waals surface area contributed by atoms with Crippen molar-refractivity contribution in [1.82, 2.24) is 5.32 Å². The topological polar surface area (TPSA) is 12.0 Å². The van der Waals surface area contributed by atoms with Gasteiger partial charge in [-0.2, -0.15) is 0 Å². The third-order valence-electron chi connectivity index (χ3n) is 2.99. The van der Waals surface area contributed by atoms with Gasteiger partial charge in [0.25, 0.3) is 0 Å². The Kier molecular flexibility index (Phi) is 3.71. The summed E-state index contributed by atoms with van der Waals surface area (Å²) in [5.74, 6) is 0.873. The first-order valence-corrected chi connectivity index (χ1v) is 6.95. The standard InChI is InChI=1S/C13H19NS/c1-3-14-13(10-8-9-10)11-6-4-5-7-12(11)15-2/h4-7,10,13-14H,3,8-9H2,1-2H3. The molecule has 1 atom stereocenters. The Morgan fingerprint density at radius 1 is 1.40 bits per heavy atom. The minimum atomic E-state index is 0.582. The number of hydrogen-bond donors (Lipinski definition) is 1. The highest BCUT2D eigenvalue weighted by Crippen LogP contribution is 2.43. The van der Waals surface area contributed by atoms with E-state index in [1.165, 1.54) is 23.3 Å². The first kappa shape index (κ1) is 11.0. The quantitative estimate of drug-likeness (QED) is 0.764. The van der Waals surface area contributed by atoms with E-state index < -0.39 is 0 Å². The van der Waals surface area contributed by atoms with Gasteiger partial charge < -0.3 is 5.32 Å². The Hall–Kier alpha value is -0.470. The maximum Gasteiger partial charge on any atom is 0.0359 e. The average Bonchev–Trinajstić information content (AvgIpc) is 3.10. The average molecular weight is 221 g/mol. The van der Waals surface area contributed by atoms with Gasteiger partial charge in [0.2, 0.25) is 0 Å². The molecular weight excluding hydrogens is 202 g/mol. The van der Waals surface area contributed by atoms with E-state index >= 15 is 0 Å². The SMILES string of the molecule is CCNC(c1ccccc1SC)C1CC1. The van der Waals surface area contributed by atoms with Crippen molar-refractivity contribution in [2.75, 3.05) is 12.8 Å². The highest BCUT2D eigenvalue weighted by atomic mass is 32.2. The summed E-state index contributed by atoms with van der Waals surface area (Å²) >= 11 is 1.85. The molecule has 0 radical (unpaired) electrons. The molecule has 2 rings (SSSR count). The van der Waals surface area contributed by atoms with Gasteiger partial charge in [0, 0.05) is 10.9 Å². The molecule has 1 N–H and O–H groups in total. The van der Waals surface area contributed by atoms with E-state index in [0.717, 1.165) is 12.5 Å². The molecule has 1 aliphatic rings. The molecule has 0 bridgehead atoms. The molecule has 82 valence electrons. The molecular formula is C13H19NS. The van der Waals surface area contributed by atoms with Crippen LogP contribution in [0.25, 0.3) is 0 Å². The van der Waals surface area contributed by atoms with Gasteiger partial charge >= 0.3 is 0 Å². The van der Waals surface area contributed by atoms with E-state index in [9.17, 15) is 0 Å². The van der Waals surface area contributed by atoms with Gasteiger partial charge in [0.05, 0.1) is 0 Å². The summed E-state index contributed by atoms with van der Waals surface area (Å²) in [5, 5.41) is 3.62. The molecule has 15 heavy (non-hydrogen) atoms. The fraction of sp³-hybridized carbons (Fsp3) is 0.538. The molecule has 0 amide bonds. The van der Waals surface area contributed by atoms with E-state index in [1.807, 2.05) is 11.8 Å². The van der Waals surface area contributed by atoms with Crippen molar-refractivity contribution in [1.29, 1.82) is 0 Å². The maximum absolute atomic E-state index is 3.62. The van der Waals surface area contributed by atoms with Crippen molar-refractivity contribution in [3.05, 3.63) is 29.8 Å². The molecule has 0 saturated heterocycles. The molecule has 1 aliphatic carbocycles. The normalized spacial score (nSPS) is 17.7. The van der Waals surface area contributed by atoms with Gasteiger partial charge in [-0.3, -0.25) is 0 Å². The monoisotopic (exact) mass is 221 g/mol. The van der Waals surface area contributed by atoms with Crippen LogP contribution >= 0.6 is 11.8 Å². The third kappa shape index (κ3) is 2.56. The summed E-state index contributed by atoms with van der Waals surface area (Å²) in [6, 6.07) is 9.37. The molecule has 1 unspecified atom stereocenters. The second-order valence-corrected chi connectivity index (χ2v) is 4.96. The van der Waals surface area contributed by atoms with Crippen LogP contribution in [0, 0.1) is 5.92 Å². The van der Waals surface area contributed by atoms with Gasteiger partial charge in [0.15, 0.2) is 0 Å². The lowest BCUT2D eigenvalue weighted by molar-refractivity contribution is 0.489. The van der Waals surface area contributed by atoms with E-state index in [4.69, 9.17) is 0 Å². The first-order chi connectivity index (χ1) is 7.36. The minimum absolute atomic E-state index is 0.582. The first-order valence-electron chi connectivity index (χ1n) is 5.73. The summed E-state index contributed by atoms with van der Waals surface area (Å²) in [6.45, 7) is 3.25. The molecule has 0 heterocycles. The highest BCUT2D eigenvalue weighted by Gasteiger charge is 2.32. The highest BCUT2D eigenvalue weighted by molar-refractivity contribution is 7.98. The van der Waals surface area contributed by atoms with Gasteiger partial charge in [0.1, 0.15) is 0 Å². The van der Waals surface area contributed by atoms with E-state index in [2.05, 4.69) is 42.8 Å². The summed E-state index contributed by atoms with van der Waals surface area (Å²) in [5.41, 5.74) is 1.49. The van der Waals surface area contributed by atoms with Gasteiger partial charge in [-0.25, -0.2) is 0 Å². The second-order valence-electron chi connectivity index (χ2n) is 4.11. The molecule has 0 aliphatic heterocycles. The molecule has 1 aromatic carbocycles. The fourth-order valence-corrected chi connectivity index (χ4v) is 2.75. The molecule has 1 saturated carbocycles. The summed E-state index contributed by atoms with van der Waals surface area (Å²) in [7, 11) is 0. The number of nitrogens with one attached hydrogen (secondary N) is 1. The van der Waals surface area contributed by atoms with E-state index in [0.29, 0.717) is 6.04 Å². The zero-order valence-electron chi connectivity index (χ0n) is 9.49. The Morgan fingerprint density at radius 3 is 2.73 bits per heavy atom. The van der Waals surface area contributed by atoms with E-state index in [-0.39, 0.29) is 0 Å². The summed E-state index contributed by atoms with van der Waals surface area (Å²) in [4.78, 5) is 1.43. The van der Waals surface area contributed by atoms with Crippen molar-refractivity contribution >= 4 is 11.8 Å². The molecule has 1 nitrogen and oxygen atoms in total. The van der Waals surface area contributed by atoms with Gasteiger partial charge in [-0.15, -0.1) is 11.8 Å². The Bertz CT molecular complexity index is 320. The van der Waals surface area contributed by atoms with Crippen molar-refractivity contribution in [2.45, 2.75) is 30.7 Å². The predicted molar refractivity (Wildman–Crippen MR) is 67.4 cm³/mol. The lowest BCUT2D eigenvalue weighted by atomic mass is 10.0. The summed E-state index contributed by atoms with van der Waals surface area (Å²) < 4.78 is 0. The molecule has 1 fully saturated rings. The number of thioether (sulfide) groups is 1. The minimum Gasteiger partial charge on any atom is -0.310 e. The van der Waals surface area contributed by atoms with Crippen LogP contribution in [0.2, 0.25) is 0 Å². The summed E-state index contributed by atoms with van der Waals surface area (Å²) in [6.07, 6.45) is 4.94. The van der Waals surface area contributed by atoms with Crippen LogP contribution in [-0.4, -0.2) is 12.8 Å². The van der Waals surface area contributed by atoms with Crippen LogP contribution in [0.3, 0.4) is 0 Å². The second kappa shape index (κ2) is 5.04. The van der Waals surface area contributed by atoms with Crippen molar-refractivity contribution < 1.29 is 0 Å². The largest absolute Gasteiger partial charge is 0.310 e. The smallest absolute Gasteiger partial charge is 0.0359 e. The molecule has 1 aromatic rings. The van der Waals surface area contributed by atoms with Crippen molar-refractivity contribution in [2.24, 2.45) is 5.92 Å². The van der Waals surface area contributed by atoms with Crippen LogP contribution in [0.5, 0.6) is 0 Å². The molecule has 0 spiro atoms. The Labute approximate surface area is 96.7 Å². The van der Waals surface area contributed by atoms with Crippen LogP contribution in [0.15, 0.2) is 29.2 Å². The maximum atomic E-state index is 3.62. The van der Waals surface area contributed by atoms with Crippen LogP contribution in [0.4, 0.5) is 0 Å². The lowest BCUT2D eigenvalue weighted by Gasteiger charge is -2.20. The van der Waals surface area contributed by atoms with Gasteiger partial charge in [-0.05, 0) is 43.2 Å². The lowest BCUT2D eigenvalue weighted by Crippen LogP contribution is -2.23. The third-order valence-corrected chi connectivity index (χ3v) is 3.80. The fourth-order valence-electron chi connectivity index (χ4n) is 2.10. The van der Waals surface area contributed by atoms with Crippen molar-refractivity contribution in [3.8, 4) is 0 Å². The van der Waals surface area contributed by atoms with E-state index in [1.54, 1.807) is 0 Å². The molecule has 2 heteroatoms. The van der Waals surface area contributed by atoms with Crippen LogP contribution < -0.4 is 5.32 Å². The Balaban J connectivity index is 2.23. The zero-order valence-corrected chi connectivity index (χ0v) is 10.3. The van der Waals surface area contributed by atoms with Crippen molar-refractivity contribution in [3.63, 3.8) is 0 Å². The van der Waals surface area contributed by atoms with Crippen LogP contribution in [0.1, 0.15) is 31.4 Å². The van der Waals surface area contributed by atoms with Gasteiger partial charge in [-0.1, -0.05) is 25.1 Å². The predicted octanol–water partition coefficient (Wildman–Crippen LogP) is 3.47. The number of benzene rings is 1. The Morgan fingerprint density at radius 2 is 2.13 bits per heavy atom. The van der Waals surface area contributed by atoms with Crippen LogP contribution in [-0.2, 0) is 0 Å². The number of rotatable bonds is 5. The molecule has 0 aromatic heterocycles.